The molecule has 1 aliphatic heterocycles. The zero-order valence-electron chi connectivity index (χ0n) is 19.0. The monoisotopic (exact) mass is 501 g/mol. The molecule has 1 amide bonds. The number of hydrogen-bond acceptors (Lipinski definition) is 6. The number of nitrogens with one attached hydrogen (secondary N) is 2. The first-order valence-electron chi connectivity index (χ1n) is 11.2. The molecule has 0 atom stereocenters. The molecule has 1 aliphatic rings. The maximum Gasteiger partial charge on any atom is 0.251 e. The molecular formula is C27H23N3O3S2. The third-order valence-electron chi connectivity index (χ3n) is 5.82. The van der Waals surface area contributed by atoms with Crippen LogP contribution in [0.15, 0.2) is 99.9 Å². The lowest BCUT2D eigenvalue weighted by atomic mass is 10.1. The smallest absolute Gasteiger partial charge is 0.251 e. The topological polar surface area (TPSA) is 88.2 Å². The number of carbonyl (C=O) groups excluding carboxylic acids is 1. The summed E-state index contributed by atoms with van der Waals surface area (Å²) >= 11 is 1.66. The van der Waals surface area contributed by atoms with E-state index in [0.717, 1.165) is 37.9 Å². The fraction of sp³-hybridized carbons (Fsp3) is 0.111. The molecule has 2 N–H and O–H groups in total. The van der Waals surface area contributed by atoms with E-state index in [1.807, 2.05) is 42.6 Å². The van der Waals surface area contributed by atoms with Crippen molar-refractivity contribution in [1.82, 2.24) is 10.3 Å². The standard InChI is InChI=1S/C27H23N3O3S2/c1-2-35(32,33)22-9-5-18(6-10-22)16-29-27(31)20-8-12-25-24(14-20)30-23-11-7-19(15-26(23)34-25)21-4-3-13-28-17-21/h3-15,17,30H,2,16H2,1H3,(H,29,31). The molecule has 0 saturated carbocycles. The Morgan fingerprint density at radius 3 is 2.51 bits per heavy atom. The first-order chi connectivity index (χ1) is 16.9. The molecule has 5 rings (SSSR count). The van der Waals surface area contributed by atoms with Gasteiger partial charge in [-0.3, -0.25) is 9.78 Å². The summed E-state index contributed by atoms with van der Waals surface area (Å²) in [5.74, 6) is -0.133. The summed E-state index contributed by atoms with van der Waals surface area (Å²) in [5, 5.41) is 6.35. The molecule has 0 bridgehead atoms. The largest absolute Gasteiger partial charge is 0.354 e. The normalized spacial score (nSPS) is 12.3. The van der Waals surface area contributed by atoms with Gasteiger partial charge in [-0.1, -0.05) is 43.0 Å². The Bertz CT molecular complexity index is 1500. The molecule has 4 aromatic rings. The summed E-state index contributed by atoms with van der Waals surface area (Å²) in [6.07, 6.45) is 3.61. The highest BCUT2D eigenvalue weighted by Gasteiger charge is 2.18. The van der Waals surface area contributed by atoms with Crippen molar-refractivity contribution in [1.29, 1.82) is 0 Å². The Hall–Kier alpha value is -3.62. The van der Waals surface area contributed by atoms with Crippen LogP contribution in [0, 0.1) is 0 Å². The second-order valence-corrected chi connectivity index (χ2v) is 11.5. The summed E-state index contributed by atoms with van der Waals surface area (Å²) in [6, 6.07) is 22.4. The molecule has 176 valence electrons. The van der Waals surface area contributed by atoms with Crippen LogP contribution < -0.4 is 10.6 Å². The number of rotatable bonds is 6. The zero-order valence-corrected chi connectivity index (χ0v) is 20.6. The van der Waals surface area contributed by atoms with Crippen molar-refractivity contribution in [2.75, 3.05) is 11.1 Å². The van der Waals surface area contributed by atoms with Crippen LogP contribution >= 0.6 is 11.8 Å². The number of amides is 1. The molecule has 1 aromatic heterocycles. The van der Waals surface area contributed by atoms with Gasteiger partial charge in [0.15, 0.2) is 9.84 Å². The first kappa shape index (κ1) is 23.1. The van der Waals surface area contributed by atoms with Gasteiger partial charge in [0.25, 0.3) is 5.91 Å². The number of carbonyl (C=O) groups is 1. The molecule has 0 spiro atoms. The fourth-order valence-corrected chi connectivity index (χ4v) is 5.70. The molecule has 2 heterocycles. The highest BCUT2D eigenvalue weighted by atomic mass is 32.2. The Balaban J connectivity index is 1.27. The first-order valence-corrected chi connectivity index (χ1v) is 13.6. The molecule has 6 nitrogen and oxygen atoms in total. The van der Waals surface area contributed by atoms with E-state index in [9.17, 15) is 13.2 Å². The van der Waals surface area contributed by atoms with Crippen LogP contribution in [-0.2, 0) is 16.4 Å². The van der Waals surface area contributed by atoms with Crippen molar-refractivity contribution >= 4 is 38.9 Å². The molecule has 0 saturated heterocycles. The quantitative estimate of drug-likeness (QED) is 0.311. The Morgan fingerprint density at radius 2 is 1.77 bits per heavy atom. The summed E-state index contributed by atoms with van der Waals surface area (Å²) in [7, 11) is -3.24. The predicted octanol–water partition coefficient (Wildman–Crippen LogP) is 5.68. The number of anilines is 2. The maximum absolute atomic E-state index is 12.8. The van der Waals surface area contributed by atoms with E-state index < -0.39 is 9.84 Å². The minimum atomic E-state index is -3.24. The van der Waals surface area contributed by atoms with E-state index in [2.05, 4.69) is 27.8 Å². The van der Waals surface area contributed by atoms with Gasteiger partial charge in [0.1, 0.15) is 0 Å². The highest BCUT2D eigenvalue weighted by Crippen LogP contribution is 2.45. The van der Waals surface area contributed by atoms with Gasteiger partial charge in [0.2, 0.25) is 0 Å². The number of hydrogen-bond donors (Lipinski definition) is 2. The number of aromatic nitrogens is 1. The van der Waals surface area contributed by atoms with Crippen molar-refractivity contribution in [3.05, 3.63) is 96.3 Å². The molecule has 0 aliphatic carbocycles. The van der Waals surface area contributed by atoms with Gasteiger partial charge in [0, 0.05) is 39.9 Å². The van der Waals surface area contributed by atoms with E-state index in [0.29, 0.717) is 17.0 Å². The molecule has 8 heteroatoms. The SMILES string of the molecule is CCS(=O)(=O)c1ccc(CNC(=O)c2ccc3c(c2)Nc2ccc(-c4cccnc4)cc2S3)cc1. The second-order valence-electron chi connectivity index (χ2n) is 8.12. The van der Waals surface area contributed by atoms with E-state index in [1.165, 1.54) is 0 Å². The predicted molar refractivity (Wildman–Crippen MR) is 139 cm³/mol. The zero-order chi connectivity index (χ0) is 24.4. The lowest BCUT2D eigenvalue weighted by Crippen LogP contribution is -2.23. The van der Waals surface area contributed by atoms with Crippen molar-refractivity contribution in [3.63, 3.8) is 0 Å². The van der Waals surface area contributed by atoms with Crippen molar-refractivity contribution in [2.24, 2.45) is 0 Å². The van der Waals surface area contributed by atoms with Gasteiger partial charge in [-0.05, 0) is 59.7 Å². The van der Waals surface area contributed by atoms with Gasteiger partial charge in [-0.25, -0.2) is 8.42 Å². The van der Waals surface area contributed by atoms with Gasteiger partial charge < -0.3 is 10.6 Å². The number of fused-ring (bicyclic) bond motifs is 2. The second kappa shape index (κ2) is 9.56. The van der Waals surface area contributed by atoms with Crippen molar-refractivity contribution in [3.8, 4) is 11.1 Å². The Morgan fingerprint density at radius 1 is 0.943 bits per heavy atom. The lowest BCUT2D eigenvalue weighted by molar-refractivity contribution is 0.0951. The summed E-state index contributed by atoms with van der Waals surface area (Å²) in [5.41, 5.74) is 5.44. The van der Waals surface area contributed by atoms with Crippen molar-refractivity contribution < 1.29 is 13.2 Å². The molecule has 0 unspecified atom stereocenters. The van der Waals surface area contributed by atoms with Crippen LogP contribution in [0.1, 0.15) is 22.8 Å². The van der Waals surface area contributed by atoms with Gasteiger partial charge in [-0.15, -0.1) is 0 Å². The van der Waals surface area contributed by atoms with E-state index in [4.69, 9.17) is 0 Å². The Labute approximate surface area is 208 Å². The van der Waals surface area contributed by atoms with Crippen molar-refractivity contribution in [2.45, 2.75) is 28.2 Å². The van der Waals surface area contributed by atoms with E-state index >= 15 is 0 Å². The van der Waals surface area contributed by atoms with Gasteiger partial charge in [0.05, 0.1) is 22.0 Å². The fourth-order valence-electron chi connectivity index (χ4n) is 3.81. The summed E-state index contributed by atoms with van der Waals surface area (Å²) in [6.45, 7) is 1.93. The number of nitrogens with zero attached hydrogens (tertiary/aromatic N) is 1. The van der Waals surface area contributed by atoms with Crippen LogP contribution in [-0.4, -0.2) is 25.1 Å². The van der Waals surface area contributed by atoms with Crippen LogP contribution in [0.25, 0.3) is 11.1 Å². The maximum atomic E-state index is 12.8. The number of pyridine rings is 1. The molecular weight excluding hydrogens is 478 g/mol. The summed E-state index contributed by atoms with van der Waals surface area (Å²) in [4.78, 5) is 19.4. The van der Waals surface area contributed by atoms with Crippen LogP contribution in [0.5, 0.6) is 0 Å². The molecule has 0 radical (unpaired) electrons. The van der Waals surface area contributed by atoms with Crippen LogP contribution in [0.2, 0.25) is 0 Å². The average Bonchev–Trinajstić information content (AvgIpc) is 2.90. The molecule has 0 fully saturated rings. The summed E-state index contributed by atoms with van der Waals surface area (Å²) < 4.78 is 23.9. The minimum Gasteiger partial charge on any atom is -0.354 e. The minimum absolute atomic E-state index is 0.0594. The number of sulfone groups is 1. The van der Waals surface area contributed by atoms with Crippen LogP contribution in [0.3, 0.4) is 0 Å². The van der Waals surface area contributed by atoms with E-state index in [-0.39, 0.29) is 11.7 Å². The van der Waals surface area contributed by atoms with E-state index in [1.54, 1.807) is 49.1 Å². The average molecular weight is 502 g/mol. The number of benzene rings is 3. The lowest BCUT2D eigenvalue weighted by Gasteiger charge is -2.22. The van der Waals surface area contributed by atoms with Gasteiger partial charge in [-0.2, -0.15) is 0 Å². The molecule has 3 aromatic carbocycles. The van der Waals surface area contributed by atoms with Crippen LogP contribution in [0.4, 0.5) is 11.4 Å². The highest BCUT2D eigenvalue weighted by molar-refractivity contribution is 7.99. The molecule has 35 heavy (non-hydrogen) atoms. The third kappa shape index (κ3) is 4.94. The van der Waals surface area contributed by atoms with Gasteiger partial charge >= 0.3 is 0 Å². The third-order valence-corrected chi connectivity index (χ3v) is 8.71. The Kier molecular flexibility index (Phi) is 6.32.